The van der Waals surface area contributed by atoms with E-state index >= 15 is 0 Å². The molecule has 0 rings (SSSR count). The van der Waals surface area contributed by atoms with Crippen molar-refractivity contribution < 1.29 is 4.79 Å². The Morgan fingerprint density at radius 3 is 0.520 bits per heavy atom. The highest BCUT2D eigenvalue weighted by Crippen LogP contribution is 2.18. The van der Waals surface area contributed by atoms with Crippen LogP contribution in [0.25, 0.3) is 0 Å². The van der Waals surface area contributed by atoms with E-state index in [0.717, 1.165) is 32.1 Å². The van der Waals surface area contributed by atoms with Crippen molar-refractivity contribution in [2.24, 2.45) is 0 Å². The van der Waals surface area contributed by atoms with Crippen LogP contribution in [0.4, 0.5) is 0 Å². The van der Waals surface area contributed by atoms with Crippen molar-refractivity contribution in [2.45, 2.75) is 309 Å². The van der Waals surface area contributed by atoms with Gasteiger partial charge in [-0.25, -0.2) is 0 Å². The maximum Gasteiger partial charge on any atom is 0.132 e. The molecule has 0 spiro atoms. The average molecular weight is 703 g/mol. The summed E-state index contributed by atoms with van der Waals surface area (Å²) >= 11 is 0. The minimum Gasteiger partial charge on any atom is -0.300 e. The minimum absolute atomic E-state index is 0.494. The predicted molar refractivity (Wildman–Crippen MR) is 229 cm³/mol. The maximum atomic E-state index is 11.7. The molecule has 0 atom stereocenters. The van der Waals surface area contributed by atoms with Crippen molar-refractivity contribution in [3.63, 3.8) is 0 Å². The van der Waals surface area contributed by atoms with Crippen LogP contribution in [0.1, 0.15) is 309 Å². The molecule has 1 nitrogen and oxygen atoms in total. The van der Waals surface area contributed by atoms with Gasteiger partial charge in [-0.2, -0.15) is 0 Å². The summed E-state index contributed by atoms with van der Waals surface area (Å²) in [6, 6.07) is 0. The Balaban J connectivity index is 3.06. The lowest BCUT2D eigenvalue weighted by Gasteiger charge is -2.05. The summed E-state index contributed by atoms with van der Waals surface area (Å²) in [4.78, 5) is 11.7. The van der Waals surface area contributed by atoms with Gasteiger partial charge in [0.15, 0.2) is 0 Å². The first kappa shape index (κ1) is 49.7. The van der Waals surface area contributed by atoms with E-state index in [1.807, 2.05) is 0 Å². The third-order valence-corrected chi connectivity index (χ3v) is 11.6. The Hall–Kier alpha value is -0.330. The first-order valence-electron chi connectivity index (χ1n) is 24.3. The fourth-order valence-corrected chi connectivity index (χ4v) is 7.97. The highest BCUT2D eigenvalue weighted by molar-refractivity contribution is 5.78. The zero-order chi connectivity index (χ0) is 36.1. The Morgan fingerprint density at radius 1 is 0.200 bits per heavy atom. The molecule has 0 fully saturated rings. The number of unbranched alkanes of at least 4 members (excludes halogenated alkanes) is 42. The molecule has 300 valence electrons. The molecule has 0 aliphatic carbocycles. The molecule has 1 heteroatoms. The van der Waals surface area contributed by atoms with Crippen molar-refractivity contribution in [3.8, 4) is 0 Å². The first-order chi connectivity index (χ1) is 24.8. The molecular weight excluding hydrogens is 605 g/mol. The van der Waals surface area contributed by atoms with Crippen LogP contribution in [0.3, 0.4) is 0 Å². The van der Waals surface area contributed by atoms with E-state index in [9.17, 15) is 4.79 Å². The number of hydrogen-bond donors (Lipinski definition) is 0. The lowest BCUT2D eigenvalue weighted by Crippen LogP contribution is -1.96. The molecule has 0 aliphatic heterocycles. The fraction of sp³-hybridized carbons (Fsp3) is 0.980. The molecule has 0 unspecified atom stereocenters. The largest absolute Gasteiger partial charge is 0.300 e. The molecule has 0 aromatic rings. The van der Waals surface area contributed by atoms with E-state index in [-0.39, 0.29) is 0 Å². The summed E-state index contributed by atoms with van der Waals surface area (Å²) in [6.45, 7) is 4.48. The molecular formula is C49H98O. The SMILES string of the molecule is CCCCCCCCCCCCCCCCCCCCCCCCCCCCCCCCCCCCCCCCCCCCC(=O)CCCC. The fourth-order valence-electron chi connectivity index (χ4n) is 7.97. The smallest absolute Gasteiger partial charge is 0.132 e. The van der Waals surface area contributed by atoms with Gasteiger partial charge >= 0.3 is 0 Å². The Morgan fingerprint density at radius 2 is 0.340 bits per heavy atom. The van der Waals surface area contributed by atoms with Crippen LogP contribution in [-0.4, -0.2) is 5.78 Å². The second-order valence-corrected chi connectivity index (χ2v) is 16.9. The standard InChI is InChI=1S/C49H98O/c1-3-5-7-8-9-10-11-12-13-14-15-16-17-18-19-20-21-22-23-24-25-26-27-28-29-30-31-32-33-34-35-36-37-38-39-40-41-42-43-44-45-46-48-49(50)47-6-4-2/h3-48H2,1-2H3. The lowest BCUT2D eigenvalue weighted by molar-refractivity contribution is -0.119. The lowest BCUT2D eigenvalue weighted by atomic mass is 10.0. The van der Waals surface area contributed by atoms with Crippen LogP contribution < -0.4 is 0 Å². The van der Waals surface area contributed by atoms with Crippen LogP contribution in [0, 0.1) is 0 Å². The van der Waals surface area contributed by atoms with Gasteiger partial charge in [0.2, 0.25) is 0 Å². The molecule has 0 aromatic carbocycles. The first-order valence-corrected chi connectivity index (χ1v) is 24.3. The number of rotatable bonds is 46. The molecule has 0 bridgehead atoms. The van der Waals surface area contributed by atoms with Crippen LogP contribution in [-0.2, 0) is 4.79 Å². The number of hydrogen-bond acceptors (Lipinski definition) is 1. The number of Topliss-reactive ketones (excluding diaryl/α,β-unsaturated/α-hetero) is 1. The van der Waals surface area contributed by atoms with Crippen molar-refractivity contribution >= 4 is 5.78 Å². The summed E-state index contributed by atoms with van der Waals surface area (Å²) in [5.74, 6) is 0.494. The predicted octanol–water partition coefficient (Wildman–Crippen LogP) is 18.5. The van der Waals surface area contributed by atoms with E-state index in [2.05, 4.69) is 13.8 Å². The summed E-state index contributed by atoms with van der Waals surface area (Å²) in [5, 5.41) is 0. The highest BCUT2D eigenvalue weighted by atomic mass is 16.1. The quantitative estimate of drug-likeness (QED) is 0.0577. The van der Waals surface area contributed by atoms with Gasteiger partial charge in [0.25, 0.3) is 0 Å². The summed E-state index contributed by atoms with van der Waals surface area (Å²) < 4.78 is 0. The second kappa shape index (κ2) is 46.7. The van der Waals surface area contributed by atoms with E-state index in [1.54, 1.807) is 0 Å². The van der Waals surface area contributed by atoms with Gasteiger partial charge in [0.1, 0.15) is 5.78 Å². The van der Waals surface area contributed by atoms with Gasteiger partial charge < -0.3 is 0 Å². The number of ketones is 1. The molecule has 0 heterocycles. The van der Waals surface area contributed by atoms with Crippen LogP contribution >= 0.6 is 0 Å². The van der Waals surface area contributed by atoms with Gasteiger partial charge in [-0.3, -0.25) is 4.79 Å². The van der Waals surface area contributed by atoms with Crippen molar-refractivity contribution in [1.82, 2.24) is 0 Å². The zero-order valence-electron chi connectivity index (χ0n) is 35.4. The minimum atomic E-state index is 0.494. The van der Waals surface area contributed by atoms with Gasteiger partial charge in [-0.05, 0) is 12.8 Å². The topological polar surface area (TPSA) is 17.1 Å². The maximum absolute atomic E-state index is 11.7. The summed E-state index contributed by atoms with van der Waals surface area (Å²) in [5.41, 5.74) is 0. The Labute approximate surface area is 318 Å². The number of carbonyl (C=O) groups is 1. The van der Waals surface area contributed by atoms with E-state index in [1.165, 1.54) is 263 Å². The monoisotopic (exact) mass is 703 g/mol. The Kier molecular flexibility index (Phi) is 46.4. The average Bonchev–Trinajstić information content (AvgIpc) is 3.12. The normalized spacial score (nSPS) is 11.6. The molecule has 0 amide bonds. The van der Waals surface area contributed by atoms with Crippen molar-refractivity contribution in [2.75, 3.05) is 0 Å². The second-order valence-electron chi connectivity index (χ2n) is 16.9. The van der Waals surface area contributed by atoms with E-state index < -0.39 is 0 Å². The molecule has 0 N–H and O–H groups in total. The van der Waals surface area contributed by atoms with Gasteiger partial charge in [-0.1, -0.05) is 284 Å². The third kappa shape index (κ3) is 45.7. The van der Waals surface area contributed by atoms with Crippen molar-refractivity contribution in [1.29, 1.82) is 0 Å². The molecule has 0 aliphatic rings. The van der Waals surface area contributed by atoms with E-state index in [4.69, 9.17) is 0 Å². The molecule has 0 saturated heterocycles. The van der Waals surface area contributed by atoms with Crippen molar-refractivity contribution in [3.05, 3.63) is 0 Å². The molecule has 0 aromatic heterocycles. The van der Waals surface area contributed by atoms with Crippen LogP contribution in [0.15, 0.2) is 0 Å². The molecule has 0 saturated carbocycles. The number of carbonyl (C=O) groups excluding carboxylic acids is 1. The Bertz CT molecular complexity index is 596. The van der Waals surface area contributed by atoms with Gasteiger partial charge in [0, 0.05) is 12.8 Å². The molecule has 50 heavy (non-hydrogen) atoms. The van der Waals surface area contributed by atoms with Gasteiger partial charge in [0.05, 0.1) is 0 Å². The summed E-state index contributed by atoms with van der Waals surface area (Å²) in [6.07, 6.45) is 65.0. The van der Waals surface area contributed by atoms with Crippen LogP contribution in [0.5, 0.6) is 0 Å². The van der Waals surface area contributed by atoms with Gasteiger partial charge in [-0.15, -0.1) is 0 Å². The zero-order valence-corrected chi connectivity index (χ0v) is 35.4. The third-order valence-electron chi connectivity index (χ3n) is 11.6. The summed E-state index contributed by atoms with van der Waals surface area (Å²) in [7, 11) is 0. The van der Waals surface area contributed by atoms with Crippen LogP contribution in [0.2, 0.25) is 0 Å². The van der Waals surface area contributed by atoms with E-state index in [0.29, 0.717) is 5.78 Å². The molecule has 0 radical (unpaired) electrons. The highest BCUT2D eigenvalue weighted by Gasteiger charge is 2.01.